The maximum absolute atomic E-state index is 12.7. The molecule has 2 aliphatic heterocycles. The van der Waals surface area contributed by atoms with Crippen molar-refractivity contribution in [3.63, 3.8) is 0 Å². The predicted octanol–water partition coefficient (Wildman–Crippen LogP) is -1.55. The number of hydrogen-bond acceptors (Lipinski definition) is 13. The van der Waals surface area contributed by atoms with E-state index in [9.17, 15) is 50.8 Å². The number of fused-ring (bicyclic) bond motifs is 1. The molecule has 13 nitrogen and oxygen atoms in total. The van der Waals surface area contributed by atoms with Gasteiger partial charge in [-0.1, -0.05) is 12.1 Å². The second-order valence-electron chi connectivity index (χ2n) is 9.41. The minimum Gasteiger partial charge on any atom is -0.508 e. The third kappa shape index (κ3) is 5.41. The van der Waals surface area contributed by atoms with E-state index in [1.54, 1.807) is 12.1 Å². The molecule has 2 unspecified atom stereocenters. The average Bonchev–Trinajstić information content (AvgIpc) is 2.87. The quantitative estimate of drug-likeness (QED) is 0.195. The number of aliphatic hydroxyl groups excluding tert-OH is 7. The first kappa shape index (κ1) is 28.0. The van der Waals surface area contributed by atoms with E-state index in [1.165, 1.54) is 18.2 Å². The van der Waals surface area contributed by atoms with Crippen molar-refractivity contribution >= 4 is 5.78 Å². The van der Waals surface area contributed by atoms with Gasteiger partial charge in [-0.3, -0.25) is 4.79 Å². The second-order valence-corrected chi connectivity index (χ2v) is 9.41. The van der Waals surface area contributed by atoms with Crippen LogP contribution in [0.2, 0.25) is 0 Å². The topological polar surface area (TPSA) is 227 Å². The van der Waals surface area contributed by atoms with E-state index in [2.05, 4.69) is 0 Å². The number of hydrogen-bond donors (Lipinski definition) is 9. The van der Waals surface area contributed by atoms with Crippen LogP contribution in [-0.2, 0) is 4.74 Å². The van der Waals surface area contributed by atoms with Gasteiger partial charge in [0.1, 0.15) is 77.4 Å². The Bertz CT molecular complexity index is 1140. The lowest BCUT2D eigenvalue weighted by molar-refractivity contribution is -0.298. The Morgan fingerprint density at radius 3 is 2.21 bits per heavy atom. The first-order valence-electron chi connectivity index (χ1n) is 11.8. The number of rotatable bonds is 7. The van der Waals surface area contributed by atoms with Gasteiger partial charge < -0.3 is 60.2 Å². The monoisotopic (exact) mass is 538 g/mol. The Hall–Kier alpha value is -3.01. The van der Waals surface area contributed by atoms with Crippen molar-refractivity contribution in [2.75, 3.05) is 0 Å². The molecular weight excluding hydrogens is 508 g/mol. The molecule has 2 aromatic carbocycles. The summed E-state index contributed by atoms with van der Waals surface area (Å²) in [4.78, 5) is 12.7. The largest absolute Gasteiger partial charge is 0.508 e. The van der Waals surface area contributed by atoms with E-state index >= 15 is 0 Å². The lowest BCUT2D eigenvalue weighted by Gasteiger charge is -2.43. The third-order valence-electron chi connectivity index (χ3n) is 6.63. The van der Waals surface area contributed by atoms with Crippen LogP contribution in [0, 0.1) is 0 Å². The minimum atomic E-state index is -2.02. The van der Waals surface area contributed by atoms with Gasteiger partial charge in [0.25, 0.3) is 0 Å². The number of ether oxygens (including phenoxy) is 3. The number of ketones is 1. The summed E-state index contributed by atoms with van der Waals surface area (Å²) in [6.07, 6.45) is -17.3. The Kier molecular flexibility index (Phi) is 8.11. The van der Waals surface area contributed by atoms with Gasteiger partial charge in [-0.25, -0.2) is 0 Å². The number of Topliss-reactive ketones (excluding diaryl/α,β-unsaturated/α-hetero) is 1. The molecule has 0 aromatic heterocycles. The van der Waals surface area contributed by atoms with Gasteiger partial charge in [-0.15, -0.1) is 0 Å². The summed E-state index contributed by atoms with van der Waals surface area (Å²) < 4.78 is 16.9. The molecule has 0 amide bonds. The smallest absolute Gasteiger partial charge is 0.229 e. The van der Waals surface area contributed by atoms with Crippen molar-refractivity contribution in [2.45, 2.75) is 74.6 Å². The summed E-state index contributed by atoms with van der Waals surface area (Å²) in [6.45, 7) is 1.16. The number of aromatic hydroxyl groups is 2. The van der Waals surface area contributed by atoms with Gasteiger partial charge in [0.05, 0.1) is 12.5 Å². The van der Waals surface area contributed by atoms with Crippen LogP contribution in [-0.4, -0.2) is 107 Å². The first-order chi connectivity index (χ1) is 17.9. The van der Waals surface area contributed by atoms with E-state index < -0.39 is 72.8 Å². The molecule has 38 heavy (non-hydrogen) atoms. The molecule has 2 heterocycles. The fraction of sp³-hybridized carbons (Fsp3) is 0.480. The first-order valence-corrected chi connectivity index (χ1v) is 11.8. The minimum absolute atomic E-state index is 0.0271. The van der Waals surface area contributed by atoms with Crippen LogP contribution in [0.15, 0.2) is 36.4 Å². The van der Waals surface area contributed by atoms with Gasteiger partial charge in [-0.2, -0.15) is 0 Å². The summed E-state index contributed by atoms with van der Waals surface area (Å²) in [7, 11) is 0. The van der Waals surface area contributed by atoms with Crippen molar-refractivity contribution in [1.29, 1.82) is 0 Å². The van der Waals surface area contributed by atoms with Crippen molar-refractivity contribution in [2.24, 2.45) is 0 Å². The molecule has 0 radical (unpaired) electrons. The van der Waals surface area contributed by atoms with Crippen LogP contribution in [0.1, 0.15) is 35.4 Å². The molecule has 1 saturated heterocycles. The number of phenolic OH excluding ortho intramolecular Hbond substituents is 2. The number of carbonyl (C=O) groups is 1. The summed E-state index contributed by atoms with van der Waals surface area (Å²) in [5.74, 6) is -1.11. The summed E-state index contributed by atoms with van der Waals surface area (Å²) in [5, 5.41) is 90.9. The number of carbonyl (C=O) groups excluding carboxylic acids is 1. The van der Waals surface area contributed by atoms with Crippen LogP contribution < -0.4 is 9.47 Å². The molecule has 0 bridgehead atoms. The van der Waals surface area contributed by atoms with Crippen molar-refractivity contribution < 1.29 is 65.0 Å². The average molecular weight is 539 g/mol. The zero-order valence-electron chi connectivity index (χ0n) is 20.1. The molecule has 2 aliphatic rings. The molecule has 0 aliphatic carbocycles. The Morgan fingerprint density at radius 1 is 0.921 bits per heavy atom. The van der Waals surface area contributed by atoms with Crippen LogP contribution in [0.5, 0.6) is 23.0 Å². The normalized spacial score (nSPS) is 30.5. The van der Waals surface area contributed by atoms with Crippen molar-refractivity contribution in [3.8, 4) is 23.0 Å². The SMILES string of the molecule is C[C@@H](O)[C@@H](O)[C@H](O)[C@@H](O)[C@H]1OC(Oc2cc(O)c3c(c2)OC(c2ccc(O)cc2)CC3=O)[C@H](O)[C@@H](O)[C@@H]1O. The van der Waals surface area contributed by atoms with E-state index in [0.29, 0.717) is 5.56 Å². The lowest BCUT2D eigenvalue weighted by atomic mass is 9.90. The van der Waals surface area contributed by atoms with Gasteiger partial charge in [-0.05, 0) is 24.6 Å². The molecule has 13 heteroatoms. The molecule has 1 fully saturated rings. The van der Waals surface area contributed by atoms with Crippen LogP contribution in [0.4, 0.5) is 0 Å². The number of phenols is 2. The van der Waals surface area contributed by atoms with E-state index in [4.69, 9.17) is 14.2 Å². The number of benzene rings is 2. The highest BCUT2D eigenvalue weighted by atomic mass is 16.7. The Labute approximate surface area is 216 Å². The van der Waals surface area contributed by atoms with Gasteiger partial charge >= 0.3 is 0 Å². The molecule has 2 aromatic rings. The Balaban J connectivity index is 1.56. The molecule has 10 atom stereocenters. The zero-order chi connectivity index (χ0) is 27.9. The zero-order valence-corrected chi connectivity index (χ0v) is 20.1. The van der Waals surface area contributed by atoms with Crippen molar-refractivity contribution in [3.05, 3.63) is 47.5 Å². The van der Waals surface area contributed by atoms with Crippen LogP contribution in [0.25, 0.3) is 0 Å². The summed E-state index contributed by atoms with van der Waals surface area (Å²) in [6, 6.07) is 8.30. The summed E-state index contributed by atoms with van der Waals surface area (Å²) in [5.41, 5.74) is 0.488. The fourth-order valence-electron chi connectivity index (χ4n) is 4.43. The van der Waals surface area contributed by atoms with Gasteiger partial charge in [0, 0.05) is 12.1 Å². The fourth-order valence-corrected chi connectivity index (χ4v) is 4.43. The van der Waals surface area contributed by atoms with Crippen LogP contribution in [0.3, 0.4) is 0 Å². The molecule has 0 spiro atoms. The molecule has 0 saturated carbocycles. The molecule has 4 rings (SSSR count). The lowest BCUT2D eigenvalue weighted by Crippen LogP contribution is -2.64. The Morgan fingerprint density at radius 2 is 1.58 bits per heavy atom. The second kappa shape index (κ2) is 11.0. The highest BCUT2D eigenvalue weighted by Gasteiger charge is 2.50. The maximum atomic E-state index is 12.7. The van der Waals surface area contributed by atoms with E-state index in [0.717, 1.165) is 13.0 Å². The number of aliphatic hydroxyl groups is 7. The third-order valence-corrected chi connectivity index (χ3v) is 6.63. The van der Waals surface area contributed by atoms with E-state index in [-0.39, 0.29) is 29.2 Å². The standard InChI is InChI=1S/C25H30O13/c1-9(26)18(30)19(31)21(33)24-22(34)20(32)23(35)25(38-24)36-12-6-13(28)17-14(29)8-15(37-16(17)7-12)10-2-4-11(27)5-3-10/h2-7,9,15,18-28,30-35H,8H2,1H3/t9-,15?,18-,19+,20+,21-,22+,23-,24-,25?/m1/s1. The molecule has 208 valence electrons. The van der Waals surface area contributed by atoms with E-state index in [1.807, 2.05) is 0 Å². The van der Waals surface area contributed by atoms with Crippen LogP contribution >= 0.6 is 0 Å². The van der Waals surface area contributed by atoms with Gasteiger partial charge in [0.15, 0.2) is 5.78 Å². The summed E-state index contributed by atoms with van der Waals surface area (Å²) >= 11 is 0. The maximum Gasteiger partial charge on any atom is 0.229 e. The highest BCUT2D eigenvalue weighted by Crippen LogP contribution is 2.42. The molecular formula is C25H30O13. The van der Waals surface area contributed by atoms with Gasteiger partial charge in [0.2, 0.25) is 6.29 Å². The predicted molar refractivity (Wildman–Crippen MR) is 126 cm³/mol. The van der Waals surface area contributed by atoms with Crippen molar-refractivity contribution in [1.82, 2.24) is 0 Å². The highest BCUT2D eigenvalue weighted by molar-refractivity contribution is 6.02. The molecule has 9 N–H and O–H groups in total.